The summed E-state index contributed by atoms with van der Waals surface area (Å²) in [6.45, 7) is 5.61. The zero-order valence-electron chi connectivity index (χ0n) is 22.4. The van der Waals surface area contributed by atoms with Gasteiger partial charge in [0.25, 0.3) is 6.47 Å². The molecule has 0 atom stereocenters. The van der Waals surface area contributed by atoms with E-state index in [1.807, 2.05) is 16.4 Å². The van der Waals surface area contributed by atoms with Crippen molar-refractivity contribution in [3.05, 3.63) is 24.5 Å². The fourth-order valence-corrected chi connectivity index (χ4v) is 6.98. The highest BCUT2D eigenvalue weighted by Crippen LogP contribution is 2.26. The maximum absolute atomic E-state index is 13.3. The highest BCUT2D eigenvalue weighted by atomic mass is 32.2. The lowest BCUT2D eigenvalue weighted by molar-refractivity contribution is -0.122. The predicted molar refractivity (Wildman–Crippen MR) is 155 cm³/mol. The number of nitrogens with one attached hydrogen (secondary N) is 2. The summed E-state index contributed by atoms with van der Waals surface area (Å²) in [7, 11) is -3.23. The minimum atomic E-state index is -3.23. The van der Waals surface area contributed by atoms with Crippen LogP contribution in [0.25, 0.3) is 0 Å². The molecule has 10 nitrogen and oxygen atoms in total. The Morgan fingerprint density at radius 1 is 1.11 bits per heavy atom. The average molecular weight is 572 g/mol. The van der Waals surface area contributed by atoms with Gasteiger partial charge in [-0.3, -0.25) is 14.7 Å². The number of unbranched alkanes of at least 4 members (excludes halogenated alkanes) is 3. The standard InChI is InChI=1S/C25H43N5O3S2.CH2O2/c31-35(32,22-7-2-1-6-13-27-25(34)28-23-11-14-26-15-12-23)30(24-9-4-3-5-10-24)17-8-16-29-18-20-33-21-19-29;2-1-3/h11-12,14-15,24H,1-10,13,16-22H2,(H2,26,27,28,34);1H,(H,2,3). The van der Waals surface area contributed by atoms with Gasteiger partial charge in [0, 0.05) is 50.3 Å². The van der Waals surface area contributed by atoms with E-state index in [9.17, 15) is 8.42 Å². The first-order chi connectivity index (χ1) is 18.5. The molecular weight excluding hydrogens is 526 g/mol. The van der Waals surface area contributed by atoms with Crippen molar-refractivity contribution in [3.63, 3.8) is 0 Å². The summed E-state index contributed by atoms with van der Waals surface area (Å²) in [5.41, 5.74) is 0.912. The lowest BCUT2D eigenvalue weighted by atomic mass is 9.95. The number of carboxylic acid groups (broad SMARTS) is 1. The van der Waals surface area contributed by atoms with E-state index in [0.29, 0.717) is 18.1 Å². The van der Waals surface area contributed by atoms with Gasteiger partial charge < -0.3 is 20.5 Å². The van der Waals surface area contributed by atoms with Crippen LogP contribution in [-0.4, -0.2) is 97.0 Å². The van der Waals surface area contributed by atoms with Gasteiger partial charge in [-0.05, 0) is 63.0 Å². The molecule has 0 unspecified atom stereocenters. The van der Waals surface area contributed by atoms with Gasteiger partial charge in [0.15, 0.2) is 5.11 Å². The van der Waals surface area contributed by atoms with Crippen molar-refractivity contribution in [1.82, 2.24) is 19.5 Å². The number of thiocarbonyl (C=S) groups is 1. The summed E-state index contributed by atoms with van der Waals surface area (Å²) in [6, 6.07) is 3.93. The lowest BCUT2D eigenvalue weighted by Gasteiger charge is -2.34. The summed E-state index contributed by atoms with van der Waals surface area (Å²) < 4.78 is 33.9. The molecule has 1 aliphatic heterocycles. The van der Waals surface area contributed by atoms with Crippen LogP contribution in [0.4, 0.5) is 5.69 Å². The molecule has 0 bridgehead atoms. The van der Waals surface area contributed by atoms with E-state index in [1.165, 1.54) is 6.42 Å². The third-order valence-corrected chi connectivity index (χ3v) is 9.09. The molecule has 216 valence electrons. The van der Waals surface area contributed by atoms with E-state index in [0.717, 1.165) is 96.4 Å². The van der Waals surface area contributed by atoms with Crippen molar-refractivity contribution in [1.29, 1.82) is 0 Å². The summed E-state index contributed by atoms with van der Waals surface area (Å²) in [5, 5.41) is 13.8. The molecule has 3 N–H and O–H groups in total. The molecule has 38 heavy (non-hydrogen) atoms. The van der Waals surface area contributed by atoms with Crippen LogP contribution in [0.15, 0.2) is 24.5 Å². The number of hydrogen-bond donors (Lipinski definition) is 3. The number of ether oxygens (including phenoxy) is 1. The second-order valence-corrected chi connectivity index (χ2v) is 12.1. The molecule has 2 heterocycles. The number of pyridine rings is 1. The number of hydrogen-bond acceptors (Lipinski definition) is 7. The van der Waals surface area contributed by atoms with Crippen LogP contribution < -0.4 is 10.6 Å². The van der Waals surface area contributed by atoms with Crippen molar-refractivity contribution in [2.75, 3.05) is 57.0 Å². The summed E-state index contributed by atoms with van der Waals surface area (Å²) >= 11 is 5.32. The average Bonchev–Trinajstić information content (AvgIpc) is 2.92. The molecule has 2 fully saturated rings. The Morgan fingerprint density at radius 2 is 1.76 bits per heavy atom. The highest BCUT2D eigenvalue weighted by Gasteiger charge is 2.30. The normalized spacial score (nSPS) is 16.9. The molecule has 12 heteroatoms. The van der Waals surface area contributed by atoms with Crippen LogP contribution in [0.1, 0.15) is 64.2 Å². The van der Waals surface area contributed by atoms with Gasteiger partial charge in [-0.2, -0.15) is 4.31 Å². The summed E-state index contributed by atoms with van der Waals surface area (Å²) in [5.74, 6) is 0.260. The molecule has 1 aliphatic carbocycles. The third-order valence-electron chi connectivity index (χ3n) is 6.85. The van der Waals surface area contributed by atoms with Crippen molar-refractivity contribution < 1.29 is 23.1 Å². The maximum Gasteiger partial charge on any atom is 0.290 e. The smallest absolute Gasteiger partial charge is 0.290 e. The quantitative estimate of drug-likeness (QED) is 0.174. The molecule has 1 aromatic heterocycles. The number of nitrogens with zero attached hydrogens (tertiary/aromatic N) is 3. The molecule has 1 saturated heterocycles. The van der Waals surface area contributed by atoms with Crippen molar-refractivity contribution in [2.45, 2.75) is 70.3 Å². The zero-order chi connectivity index (χ0) is 27.5. The van der Waals surface area contributed by atoms with Gasteiger partial charge in [-0.15, -0.1) is 0 Å². The highest BCUT2D eigenvalue weighted by molar-refractivity contribution is 7.89. The van der Waals surface area contributed by atoms with Gasteiger partial charge >= 0.3 is 0 Å². The number of anilines is 1. The van der Waals surface area contributed by atoms with E-state index in [1.54, 1.807) is 12.4 Å². The lowest BCUT2D eigenvalue weighted by Crippen LogP contribution is -2.44. The van der Waals surface area contributed by atoms with E-state index in [-0.39, 0.29) is 18.3 Å². The maximum atomic E-state index is 13.3. The van der Waals surface area contributed by atoms with Crippen LogP contribution in [0.3, 0.4) is 0 Å². The molecule has 0 aromatic carbocycles. The monoisotopic (exact) mass is 571 g/mol. The van der Waals surface area contributed by atoms with Crippen LogP contribution in [0.5, 0.6) is 0 Å². The van der Waals surface area contributed by atoms with E-state index < -0.39 is 10.0 Å². The van der Waals surface area contributed by atoms with Gasteiger partial charge in [0.05, 0.1) is 19.0 Å². The number of morpholine rings is 1. The molecule has 0 radical (unpaired) electrons. The Hall–Kier alpha value is -1.86. The predicted octanol–water partition coefficient (Wildman–Crippen LogP) is 3.32. The van der Waals surface area contributed by atoms with Crippen LogP contribution in [-0.2, 0) is 19.6 Å². The Kier molecular flexibility index (Phi) is 16.4. The number of sulfonamides is 1. The van der Waals surface area contributed by atoms with Crippen LogP contribution >= 0.6 is 12.2 Å². The van der Waals surface area contributed by atoms with Gasteiger partial charge in [-0.25, -0.2) is 8.42 Å². The SMILES string of the molecule is O=CO.O=S(=O)(CCCCCCNC(=S)Nc1ccncc1)N(CCCN1CCOCC1)C1CCCCC1. The fourth-order valence-electron chi connectivity index (χ4n) is 4.89. The largest absolute Gasteiger partial charge is 0.483 e. The number of aromatic nitrogens is 1. The van der Waals surface area contributed by atoms with Gasteiger partial charge in [-0.1, -0.05) is 32.1 Å². The molecule has 1 aromatic rings. The first-order valence-corrected chi connectivity index (χ1v) is 15.8. The van der Waals surface area contributed by atoms with E-state index in [4.69, 9.17) is 26.9 Å². The van der Waals surface area contributed by atoms with Crippen LogP contribution in [0.2, 0.25) is 0 Å². The van der Waals surface area contributed by atoms with E-state index in [2.05, 4.69) is 20.5 Å². The van der Waals surface area contributed by atoms with Gasteiger partial charge in [0.1, 0.15) is 0 Å². The second kappa shape index (κ2) is 19.2. The van der Waals surface area contributed by atoms with Crippen molar-refractivity contribution in [2.24, 2.45) is 0 Å². The number of rotatable bonds is 14. The minimum absolute atomic E-state index is 0.191. The van der Waals surface area contributed by atoms with Crippen molar-refractivity contribution in [3.8, 4) is 0 Å². The molecule has 3 rings (SSSR count). The van der Waals surface area contributed by atoms with Gasteiger partial charge in [0.2, 0.25) is 10.0 Å². The molecule has 2 aliphatic rings. The first kappa shape index (κ1) is 32.4. The topological polar surface area (TPSA) is 124 Å². The fraction of sp³-hybridized carbons (Fsp3) is 0.731. The summed E-state index contributed by atoms with van der Waals surface area (Å²) in [4.78, 5) is 14.7. The molecule has 1 saturated carbocycles. The Labute approximate surface area is 233 Å². The summed E-state index contributed by atoms with van der Waals surface area (Å²) in [6.07, 6.45) is 13.5. The number of carbonyl (C=O) groups is 1. The Balaban J connectivity index is 0.00000161. The third kappa shape index (κ3) is 13.3. The zero-order valence-corrected chi connectivity index (χ0v) is 24.1. The second-order valence-electron chi connectivity index (χ2n) is 9.66. The molecular formula is C26H45N5O5S2. The molecule has 0 spiro atoms. The minimum Gasteiger partial charge on any atom is -0.483 e. The molecule has 0 amide bonds. The van der Waals surface area contributed by atoms with Crippen molar-refractivity contribution >= 4 is 39.5 Å². The van der Waals surface area contributed by atoms with Crippen LogP contribution in [0, 0.1) is 0 Å². The van der Waals surface area contributed by atoms with E-state index >= 15 is 0 Å². The Bertz CT molecular complexity index is 879. The first-order valence-electron chi connectivity index (χ1n) is 13.8. The Morgan fingerprint density at radius 3 is 2.45 bits per heavy atom.